The standard InChI is InChI=1S/C30H28N2O3S/c1-20-12-13-21(2)27(18-20)32-30(34)28(22-8-5-4-6-9-22)36-26-11-7-10-24(19-26)31-29(33)23-14-16-25(35-3)17-15-23/h4-19,28H,1-3H3,(H,31,33)(H,32,34). The highest BCUT2D eigenvalue weighted by Crippen LogP contribution is 2.37. The number of carbonyl (C=O) groups excluding carboxylic acids is 2. The minimum absolute atomic E-state index is 0.104. The van der Waals surface area contributed by atoms with Gasteiger partial charge in [-0.2, -0.15) is 0 Å². The lowest BCUT2D eigenvalue weighted by Crippen LogP contribution is -2.19. The number of nitrogens with one attached hydrogen (secondary N) is 2. The Balaban J connectivity index is 1.54. The summed E-state index contributed by atoms with van der Waals surface area (Å²) < 4.78 is 5.16. The van der Waals surface area contributed by atoms with Gasteiger partial charge in [-0.05, 0) is 79.1 Å². The molecule has 6 heteroatoms. The van der Waals surface area contributed by atoms with E-state index < -0.39 is 5.25 Å². The molecule has 182 valence electrons. The van der Waals surface area contributed by atoms with Gasteiger partial charge in [-0.25, -0.2) is 0 Å². The van der Waals surface area contributed by atoms with Crippen molar-refractivity contribution in [2.75, 3.05) is 17.7 Å². The van der Waals surface area contributed by atoms with E-state index in [0.29, 0.717) is 17.0 Å². The molecular weight excluding hydrogens is 468 g/mol. The lowest BCUT2D eigenvalue weighted by atomic mass is 10.1. The van der Waals surface area contributed by atoms with Gasteiger partial charge in [0.1, 0.15) is 11.0 Å². The summed E-state index contributed by atoms with van der Waals surface area (Å²) in [6, 6.07) is 30.2. The summed E-state index contributed by atoms with van der Waals surface area (Å²) in [5.74, 6) is 0.371. The molecule has 0 aliphatic heterocycles. The number of amides is 2. The van der Waals surface area contributed by atoms with Gasteiger partial charge in [-0.3, -0.25) is 9.59 Å². The van der Waals surface area contributed by atoms with Crippen LogP contribution in [0.4, 0.5) is 11.4 Å². The molecule has 0 aliphatic carbocycles. The monoisotopic (exact) mass is 496 g/mol. The summed E-state index contributed by atoms with van der Waals surface area (Å²) in [6.45, 7) is 3.99. The van der Waals surface area contributed by atoms with Gasteiger partial charge >= 0.3 is 0 Å². The number of carbonyl (C=O) groups is 2. The van der Waals surface area contributed by atoms with Crippen molar-refractivity contribution in [2.45, 2.75) is 24.0 Å². The highest BCUT2D eigenvalue weighted by Gasteiger charge is 2.23. The van der Waals surface area contributed by atoms with Crippen LogP contribution in [0.15, 0.2) is 102 Å². The zero-order valence-electron chi connectivity index (χ0n) is 20.4. The van der Waals surface area contributed by atoms with Gasteiger partial charge in [0, 0.05) is 21.8 Å². The minimum Gasteiger partial charge on any atom is -0.497 e. The molecule has 4 aromatic rings. The van der Waals surface area contributed by atoms with Gasteiger partial charge in [0.2, 0.25) is 5.91 Å². The first kappa shape index (κ1) is 25.1. The largest absolute Gasteiger partial charge is 0.497 e. The van der Waals surface area contributed by atoms with Gasteiger partial charge in [0.05, 0.1) is 7.11 Å². The van der Waals surface area contributed by atoms with Crippen LogP contribution in [0.2, 0.25) is 0 Å². The Kier molecular flexibility index (Phi) is 8.08. The van der Waals surface area contributed by atoms with E-state index in [1.807, 2.05) is 86.6 Å². The Morgan fingerprint density at radius 3 is 2.28 bits per heavy atom. The summed E-state index contributed by atoms with van der Waals surface area (Å²) in [4.78, 5) is 27.1. The van der Waals surface area contributed by atoms with Gasteiger partial charge in [-0.1, -0.05) is 48.5 Å². The van der Waals surface area contributed by atoms with Crippen molar-refractivity contribution in [3.05, 3.63) is 119 Å². The molecule has 4 rings (SSSR count). The summed E-state index contributed by atoms with van der Waals surface area (Å²) in [5.41, 5.74) is 4.99. The van der Waals surface area contributed by atoms with E-state index in [9.17, 15) is 9.59 Å². The SMILES string of the molecule is COc1ccc(C(=O)Nc2cccc(SC(C(=O)Nc3cc(C)ccc3C)c3ccccc3)c2)cc1. The zero-order chi connectivity index (χ0) is 25.5. The second-order valence-electron chi connectivity index (χ2n) is 8.43. The summed E-state index contributed by atoms with van der Waals surface area (Å²) in [5, 5.41) is 5.57. The van der Waals surface area contributed by atoms with Gasteiger partial charge < -0.3 is 15.4 Å². The number of anilines is 2. The number of hydrogen-bond donors (Lipinski definition) is 2. The molecule has 1 atom stereocenters. The molecular formula is C30H28N2O3S. The Labute approximate surface area is 215 Å². The molecule has 0 aliphatic rings. The van der Waals surface area contributed by atoms with Gasteiger partial charge in [0.15, 0.2) is 0 Å². The van der Waals surface area contributed by atoms with Crippen LogP contribution in [0.25, 0.3) is 0 Å². The van der Waals surface area contributed by atoms with Gasteiger partial charge in [0.25, 0.3) is 5.91 Å². The van der Waals surface area contributed by atoms with Crippen LogP contribution >= 0.6 is 11.8 Å². The number of rotatable bonds is 8. The Hall–Kier alpha value is -4.03. The average Bonchev–Trinajstić information content (AvgIpc) is 2.90. The van der Waals surface area contributed by atoms with Crippen molar-refractivity contribution in [2.24, 2.45) is 0 Å². The lowest BCUT2D eigenvalue weighted by molar-refractivity contribution is -0.115. The van der Waals surface area contributed by atoms with E-state index >= 15 is 0 Å². The molecule has 0 saturated heterocycles. The van der Waals surface area contributed by atoms with E-state index in [1.54, 1.807) is 31.4 Å². The highest BCUT2D eigenvalue weighted by atomic mass is 32.2. The summed E-state index contributed by atoms with van der Waals surface area (Å²) in [6.07, 6.45) is 0. The predicted octanol–water partition coefficient (Wildman–Crippen LogP) is 7.04. The molecule has 0 spiro atoms. The third kappa shape index (κ3) is 6.34. The Bertz CT molecular complexity index is 1350. The van der Waals surface area contributed by atoms with Crippen LogP contribution < -0.4 is 15.4 Å². The quantitative estimate of drug-likeness (QED) is 0.257. The number of methoxy groups -OCH3 is 1. The molecule has 2 amide bonds. The predicted molar refractivity (Wildman–Crippen MR) is 147 cm³/mol. The first-order valence-electron chi connectivity index (χ1n) is 11.6. The lowest BCUT2D eigenvalue weighted by Gasteiger charge is -2.19. The smallest absolute Gasteiger partial charge is 0.255 e. The van der Waals surface area contributed by atoms with Crippen molar-refractivity contribution >= 4 is 35.0 Å². The van der Waals surface area contributed by atoms with E-state index in [2.05, 4.69) is 10.6 Å². The number of hydrogen-bond acceptors (Lipinski definition) is 4. The maximum Gasteiger partial charge on any atom is 0.255 e. The number of benzene rings is 4. The molecule has 1 unspecified atom stereocenters. The normalized spacial score (nSPS) is 11.4. The van der Waals surface area contributed by atoms with Crippen LogP contribution in [0, 0.1) is 13.8 Å². The highest BCUT2D eigenvalue weighted by molar-refractivity contribution is 8.00. The van der Waals surface area contributed by atoms with E-state index in [1.165, 1.54) is 11.8 Å². The second-order valence-corrected chi connectivity index (χ2v) is 9.61. The minimum atomic E-state index is -0.473. The summed E-state index contributed by atoms with van der Waals surface area (Å²) in [7, 11) is 1.59. The van der Waals surface area contributed by atoms with E-state index in [0.717, 1.165) is 27.3 Å². The van der Waals surface area contributed by atoms with Crippen LogP contribution in [0.1, 0.15) is 32.3 Å². The molecule has 0 heterocycles. The number of thioether (sulfide) groups is 1. The fourth-order valence-corrected chi connectivity index (χ4v) is 4.78. The summed E-state index contributed by atoms with van der Waals surface area (Å²) >= 11 is 1.44. The molecule has 0 aromatic heterocycles. The first-order valence-corrected chi connectivity index (χ1v) is 12.5. The fraction of sp³-hybridized carbons (Fsp3) is 0.133. The number of aryl methyl sites for hydroxylation is 2. The van der Waals surface area contributed by atoms with Crippen LogP contribution in [-0.4, -0.2) is 18.9 Å². The molecule has 0 bridgehead atoms. The van der Waals surface area contributed by atoms with E-state index in [-0.39, 0.29) is 11.8 Å². The molecule has 0 fully saturated rings. The average molecular weight is 497 g/mol. The molecule has 0 radical (unpaired) electrons. The molecule has 2 N–H and O–H groups in total. The third-order valence-electron chi connectivity index (χ3n) is 5.69. The van der Waals surface area contributed by atoms with E-state index in [4.69, 9.17) is 4.74 Å². The third-order valence-corrected chi connectivity index (χ3v) is 6.94. The fourth-order valence-electron chi connectivity index (χ4n) is 3.70. The first-order chi connectivity index (χ1) is 17.4. The van der Waals surface area contributed by atoms with Gasteiger partial charge in [-0.15, -0.1) is 11.8 Å². The van der Waals surface area contributed by atoms with Crippen molar-refractivity contribution in [3.8, 4) is 5.75 Å². The molecule has 36 heavy (non-hydrogen) atoms. The van der Waals surface area contributed by atoms with Crippen molar-refractivity contribution in [1.82, 2.24) is 0 Å². The van der Waals surface area contributed by atoms with Crippen LogP contribution in [-0.2, 0) is 4.79 Å². The maximum absolute atomic E-state index is 13.5. The van der Waals surface area contributed by atoms with Crippen molar-refractivity contribution < 1.29 is 14.3 Å². The van der Waals surface area contributed by atoms with Crippen LogP contribution in [0.5, 0.6) is 5.75 Å². The topological polar surface area (TPSA) is 67.4 Å². The van der Waals surface area contributed by atoms with Crippen molar-refractivity contribution in [1.29, 1.82) is 0 Å². The Morgan fingerprint density at radius 2 is 1.56 bits per heavy atom. The molecule has 4 aromatic carbocycles. The van der Waals surface area contributed by atoms with Crippen LogP contribution in [0.3, 0.4) is 0 Å². The Morgan fingerprint density at radius 1 is 0.806 bits per heavy atom. The van der Waals surface area contributed by atoms with Crippen molar-refractivity contribution in [3.63, 3.8) is 0 Å². The maximum atomic E-state index is 13.5. The number of ether oxygens (including phenoxy) is 1. The molecule has 5 nitrogen and oxygen atoms in total. The molecule has 0 saturated carbocycles. The zero-order valence-corrected chi connectivity index (χ0v) is 21.3. The second kappa shape index (κ2) is 11.6.